The van der Waals surface area contributed by atoms with Gasteiger partial charge >= 0.3 is 0 Å². The summed E-state index contributed by atoms with van der Waals surface area (Å²) in [7, 11) is 0. The van der Waals surface area contributed by atoms with E-state index in [1.807, 2.05) is 30.3 Å². The van der Waals surface area contributed by atoms with Crippen molar-refractivity contribution in [1.29, 1.82) is 0 Å². The van der Waals surface area contributed by atoms with Gasteiger partial charge in [0.25, 0.3) is 5.91 Å². The summed E-state index contributed by atoms with van der Waals surface area (Å²) < 4.78 is 0. The molecule has 0 aliphatic heterocycles. The minimum atomic E-state index is -0.321. The second-order valence-electron chi connectivity index (χ2n) is 4.77. The maximum Gasteiger partial charge on any atom is 0.273 e. The first-order valence-corrected chi connectivity index (χ1v) is 7.59. The quantitative estimate of drug-likeness (QED) is 0.786. The third-order valence-corrected chi connectivity index (χ3v) is 3.75. The van der Waals surface area contributed by atoms with Crippen molar-refractivity contribution in [1.82, 2.24) is 20.3 Å². The molecule has 1 N–H and O–H groups in total. The molecule has 2 aromatic carbocycles. The zero-order valence-electron chi connectivity index (χ0n) is 11.9. The number of amides is 1. The lowest BCUT2D eigenvalue weighted by molar-refractivity contribution is 0.0945. The van der Waals surface area contributed by atoms with E-state index < -0.39 is 0 Å². The summed E-state index contributed by atoms with van der Waals surface area (Å²) in [5, 5.41) is 12.1. The summed E-state index contributed by atoms with van der Waals surface area (Å²) in [6.07, 6.45) is 1.42. The van der Waals surface area contributed by atoms with Crippen LogP contribution in [0.15, 0.2) is 54.7 Å². The molecule has 0 atom stereocenters. The van der Waals surface area contributed by atoms with Crippen LogP contribution in [0.4, 0.5) is 0 Å². The summed E-state index contributed by atoms with van der Waals surface area (Å²) in [6, 6.07) is 14.5. The number of halogens is 2. The summed E-state index contributed by atoms with van der Waals surface area (Å²) >= 11 is 11.9. The lowest BCUT2D eigenvalue weighted by Crippen LogP contribution is -2.23. The Balaban J connectivity index is 1.68. The van der Waals surface area contributed by atoms with E-state index in [1.165, 1.54) is 11.0 Å². The van der Waals surface area contributed by atoms with Crippen molar-refractivity contribution in [3.8, 4) is 5.69 Å². The maximum atomic E-state index is 12.1. The van der Waals surface area contributed by atoms with Gasteiger partial charge in [0.05, 0.1) is 11.9 Å². The second-order valence-corrected chi connectivity index (χ2v) is 5.62. The molecule has 5 nitrogen and oxygen atoms in total. The van der Waals surface area contributed by atoms with Gasteiger partial charge < -0.3 is 5.32 Å². The summed E-state index contributed by atoms with van der Waals surface area (Å²) in [5.74, 6) is -0.321. The molecule has 0 bridgehead atoms. The van der Waals surface area contributed by atoms with Crippen molar-refractivity contribution in [3.05, 3.63) is 76.0 Å². The molecule has 23 heavy (non-hydrogen) atoms. The Labute approximate surface area is 142 Å². The Morgan fingerprint density at radius 3 is 2.65 bits per heavy atom. The Hall–Kier alpha value is -2.37. The Bertz CT molecular complexity index is 833. The number of benzene rings is 2. The number of carbonyl (C=O) groups excluding carboxylic acids is 1. The predicted molar refractivity (Wildman–Crippen MR) is 89.0 cm³/mol. The van der Waals surface area contributed by atoms with E-state index in [1.54, 1.807) is 18.2 Å². The molecule has 3 rings (SSSR count). The minimum absolute atomic E-state index is 0.235. The van der Waals surface area contributed by atoms with Gasteiger partial charge in [-0.25, -0.2) is 0 Å². The van der Waals surface area contributed by atoms with Crippen LogP contribution in [-0.2, 0) is 6.54 Å². The zero-order valence-corrected chi connectivity index (χ0v) is 13.4. The monoisotopic (exact) mass is 346 g/mol. The third-order valence-electron chi connectivity index (χ3n) is 3.17. The maximum absolute atomic E-state index is 12.1. The molecule has 1 aromatic heterocycles. The molecule has 0 aliphatic carbocycles. The van der Waals surface area contributed by atoms with E-state index in [2.05, 4.69) is 15.5 Å². The molecule has 0 fully saturated rings. The highest BCUT2D eigenvalue weighted by Gasteiger charge is 2.12. The fraction of sp³-hybridized carbons (Fsp3) is 0.0625. The number of para-hydroxylation sites is 1. The van der Waals surface area contributed by atoms with E-state index >= 15 is 0 Å². The van der Waals surface area contributed by atoms with E-state index in [-0.39, 0.29) is 18.1 Å². The number of aromatic nitrogens is 3. The van der Waals surface area contributed by atoms with Crippen molar-refractivity contribution in [2.24, 2.45) is 0 Å². The van der Waals surface area contributed by atoms with Gasteiger partial charge in [0, 0.05) is 16.6 Å². The fourth-order valence-corrected chi connectivity index (χ4v) is 2.46. The van der Waals surface area contributed by atoms with Crippen molar-refractivity contribution >= 4 is 29.1 Å². The van der Waals surface area contributed by atoms with Crippen LogP contribution in [0.25, 0.3) is 5.69 Å². The average Bonchev–Trinajstić information content (AvgIpc) is 3.05. The molecule has 0 unspecified atom stereocenters. The summed E-state index contributed by atoms with van der Waals surface area (Å²) in [5.41, 5.74) is 1.80. The van der Waals surface area contributed by atoms with Crippen LogP contribution >= 0.6 is 23.2 Å². The highest BCUT2D eigenvalue weighted by atomic mass is 35.5. The Morgan fingerprint density at radius 1 is 1.13 bits per heavy atom. The topological polar surface area (TPSA) is 59.8 Å². The number of hydrogen-bond acceptors (Lipinski definition) is 3. The Kier molecular flexibility index (Phi) is 4.60. The van der Waals surface area contributed by atoms with Crippen molar-refractivity contribution < 1.29 is 4.79 Å². The number of hydrogen-bond donors (Lipinski definition) is 1. The zero-order chi connectivity index (χ0) is 16.2. The molecule has 0 saturated heterocycles. The molecule has 1 heterocycles. The predicted octanol–water partition coefficient (Wildman–Crippen LogP) is 3.50. The smallest absolute Gasteiger partial charge is 0.273 e. The highest BCUT2D eigenvalue weighted by Crippen LogP contribution is 2.20. The SMILES string of the molecule is O=C(NCc1ccc(Cl)cc1Cl)c1cnn(-c2ccccc2)n1. The second kappa shape index (κ2) is 6.81. The van der Waals surface area contributed by atoms with Crippen LogP contribution in [0.5, 0.6) is 0 Å². The van der Waals surface area contributed by atoms with Gasteiger partial charge in [0.15, 0.2) is 5.69 Å². The molecule has 7 heteroatoms. The standard InChI is InChI=1S/C16H12Cl2N4O/c17-12-7-6-11(14(18)8-12)9-19-16(23)15-10-20-22(21-15)13-4-2-1-3-5-13/h1-8,10H,9H2,(H,19,23). The van der Waals surface area contributed by atoms with E-state index in [0.717, 1.165) is 11.3 Å². The summed E-state index contributed by atoms with van der Waals surface area (Å²) in [4.78, 5) is 13.6. The molecule has 1 amide bonds. The number of rotatable bonds is 4. The van der Waals surface area contributed by atoms with Crippen molar-refractivity contribution in [2.75, 3.05) is 0 Å². The van der Waals surface area contributed by atoms with Crippen molar-refractivity contribution in [3.63, 3.8) is 0 Å². The highest BCUT2D eigenvalue weighted by molar-refractivity contribution is 6.35. The molecular formula is C16H12Cl2N4O. The van der Waals surface area contributed by atoms with E-state index in [0.29, 0.717) is 10.0 Å². The third kappa shape index (κ3) is 3.70. The average molecular weight is 347 g/mol. The normalized spacial score (nSPS) is 10.5. The van der Waals surface area contributed by atoms with Crippen LogP contribution < -0.4 is 5.32 Å². The molecule has 0 spiro atoms. The molecule has 0 saturated carbocycles. The first-order chi connectivity index (χ1) is 11.1. The summed E-state index contributed by atoms with van der Waals surface area (Å²) in [6.45, 7) is 0.285. The van der Waals surface area contributed by atoms with Crippen LogP contribution in [-0.4, -0.2) is 20.9 Å². The lowest BCUT2D eigenvalue weighted by Gasteiger charge is -2.05. The van der Waals surface area contributed by atoms with E-state index in [4.69, 9.17) is 23.2 Å². The van der Waals surface area contributed by atoms with Gasteiger partial charge in [0.1, 0.15) is 0 Å². The molecule has 3 aromatic rings. The van der Waals surface area contributed by atoms with Gasteiger partial charge in [-0.2, -0.15) is 9.90 Å². The van der Waals surface area contributed by atoms with Gasteiger partial charge in [-0.05, 0) is 29.8 Å². The molecule has 116 valence electrons. The van der Waals surface area contributed by atoms with Crippen LogP contribution in [0, 0.1) is 0 Å². The van der Waals surface area contributed by atoms with Crippen LogP contribution in [0.3, 0.4) is 0 Å². The van der Waals surface area contributed by atoms with Gasteiger partial charge in [0.2, 0.25) is 0 Å². The number of nitrogens with zero attached hydrogens (tertiary/aromatic N) is 3. The Morgan fingerprint density at radius 2 is 1.91 bits per heavy atom. The fourth-order valence-electron chi connectivity index (χ4n) is 1.98. The minimum Gasteiger partial charge on any atom is -0.346 e. The van der Waals surface area contributed by atoms with Crippen LogP contribution in [0.2, 0.25) is 10.0 Å². The van der Waals surface area contributed by atoms with E-state index in [9.17, 15) is 4.79 Å². The number of carbonyl (C=O) groups is 1. The van der Waals surface area contributed by atoms with Crippen LogP contribution in [0.1, 0.15) is 16.1 Å². The number of nitrogens with one attached hydrogen (secondary N) is 1. The van der Waals surface area contributed by atoms with Crippen molar-refractivity contribution in [2.45, 2.75) is 6.54 Å². The lowest BCUT2D eigenvalue weighted by atomic mass is 10.2. The van der Waals surface area contributed by atoms with Gasteiger partial charge in [-0.1, -0.05) is 47.5 Å². The molecular weight excluding hydrogens is 335 g/mol. The first kappa shape index (κ1) is 15.5. The van der Waals surface area contributed by atoms with Gasteiger partial charge in [-0.3, -0.25) is 4.79 Å². The first-order valence-electron chi connectivity index (χ1n) is 6.83. The molecule has 0 radical (unpaired) electrons. The van der Waals surface area contributed by atoms with Gasteiger partial charge in [-0.15, -0.1) is 5.10 Å². The molecule has 0 aliphatic rings. The largest absolute Gasteiger partial charge is 0.346 e.